The quantitative estimate of drug-likeness (QED) is 0.773. The molecule has 0 bridgehead atoms. The summed E-state index contributed by atoms with van der Waals surface area (Å²) in [5.74, 6) is -0.551. The summed E-state index contributed by atoms with van der Waals surface area (Å²) in [6.07, 6.45) is 1.72. The molecule has 0 N–H and O–H groups in total. The molecule has 16 heavy (non-hydrogen) atoms. The second kappa shape index (κ2) is 4.61. The number of nitrogens with zero attached hydrogens (tertiary/aromatic N) is 1. The van der Waals surface area contributed by atoms with Crippen molar-refractivity contribution in [3.63, 3.8) is 0 Å². The van der Waals surface area contributed by atoms with E-state index >= 15 is 0 Å². The van der Waals surface area contributed by atoms with Gasteiger partial charge in [0.05, 0.1) is 11.8 Å². The summed E-state index contributed by atoms with van der Waals surface area (Å²) in [6, 6.07) is 3.63. The Kier molecular flexibility index (Phi) is 3.19. The normalized spacial score (nSPS) is 10.7. The SMILES string of the molecule is Fc1cccc(F)c1-c1cnc(CCCl)o1. The summed E-state index contributed by atoms with van der Waals surface area (Å²) < 4.78 is 32.0. The van der Waals surface area contributed by atoms with Gasteiger partial charge in [-0.15, -0.1) is 11.6 Å². The largest absolute Gasteiger partial charge is 0.440 e. The average Bonchev–Trinajstić information content (AvgIpc) is 2.67. The third kappa shape index (κ3) is 2.07. The van der Waals surface area contributed by atoms with Crippen LogP contribution >= 0.6 is 11.6 Å². The van der Waals surface area contributed by atoms with E-state index in [1.165, 1.54) is 24.4 Å². The molecule has 5 heteroatoms. The van der Waals surface area contributed by atoms with Crippen molar-refractivity contribution in [1.82, 2.24) is 4.98 Å². The van der Waals surface area contributed by atoms with Crippen molar-refractivity contribution in [1.29, 1.82) is 0 Å². The maximum absolute atomic E-state index is 13.4. The van der Waals surface area contributed by atoms with Crippen LogP contribution in [0.5, 0.6) is 0 Å². The van der Waals surface area contributed by atoms with Crippen LogP contribution in [0.15, 0.2) is 28.8 Å². The Morgan fingerprint density at radius 2 is 1.94 bits per heavy atom. The van der Waals surface area contributed by atoms with Crippen LogP contribution in [-0.2, 0) is 6.42 Å². The zero-order valence-corrected chi connectivity index (χ0v) is 8.97. The summed E-state index contributed by atoms with van der Waals surface area (Å²) in [6.45, 7) is 0. The van der Waals surface area contributed by atoms with Gasteiger partial charge in [-0.3, -0.25) is 0 Å². The standard InChI is InChI=1S/C11H8ClF2NO/c12-5-4-10-15-6-9(16-10)11-7(13)2-1-3-8(11)14/h1-3,6H,4-5H2. The van der Waals surface area contributed by atoms with Crippen LogP contribution in [0.25, 0.3) is 11.3 Å². The average molecular weight is 244 g/mol. The van der Waals surface area contributed by atoms with Gasteiger partial charge in [0.1, 0.15) is 11.6 Å². The van der Waals surface area contributed by atoms with Crippen LogP contribution in [0.4, 0.5) is 8.78 Å². The number of hydrogen-bond acceptors (Lipinski definition) is 2. The lowest BCUT2D eigenvalue weighted by Crippen LogP contribution is -1.87. The molecule has 0 saturated heterocycles. The molecule has 84 valence electrons. The van der Waals surface area contributed by atoms with Gasteiger partial charge in [-0.25, -0.2) is 13.8 Å². The van der Waals surface area contributed by atoms with Crippen LogP contribution < -0.4 is 0 Å². The van der Waals surface area contributed by atoms with Crippen molar-refractivity contribution in [2.75, 3.05) is 5.88 Å². The van der Waals surface area contributed by atoms with Crippen LogP contribution in [-0.4, -0.2) is 10.9 Å². The van der Waals surface area contributed by atoms with Crippen LogP contribution in [0, 0.1) is 11.6 Å². The van der Waals surface area contributed by atoms with E-state index in [0.717, 1.165) is 0 Å². The van der Waals surface area contributed by atoms with Crippen LogP contribution in [0.1, 0.15) is 5.89 Å². The highest BCUT2D eigenvalue weighted by atomic mass is 35.5. The number of aryl methyl sites for hydroxylation is 1. The smallest absolute Gasteiger partial charge is 0.196 e. The fourth-order valence-electron chi connectivity index (χ4n) is 1.36. The summed E-state index contributed by atoms with van der Waals surface area (Å²) in [5, 5.41) is 0. The maximum Gasteiger partial charge on any atom is 0.196 e. The van der Waals surface area contributed by atoms with E-state index in [1.54, 1.807) is 0 Å². The first-order valence-electron chi connectivity index (χ1n) is 4.67. The molecule has 1 heterocycles. The lowest BCUT2D eigenvalue weighted by Gasteiger charge is -1.99. The van der Waals surface area contributed by atoms with Gasteiger partial charge in [-0.2, -0.15) is 0 Å². The highest BCUT2D eigenvalue weighted by Crippen LogP contribution is 2.26. The van der Waals surface area contributed by atoms with E-state index in [0.29, 0.717) is 18.2 Å². The fourth-order valence-corrected chi connectivity index (χ4v) is 1.52. The minimum absolute atomic E-state index is 0.0794. The van der Waals surface area contributed by atoms with E-state index in [1.807, 2.05) is 0 Å². The maximum atomic E-state index is 13.4. The van der Waals surface area contributed by atoms with Crippen molar-refractivity contribution >= 4 is 11.6 Å². The monoisotopic (exact) mass is 243 g/mol. The first kappa shape index (κ1) is 11.1. The minimum atomic E-state index is -0.673. The first-order chi connectivity index (χ1) is 7.72. The van der Waals surface area contributed by atoms with Crippen LogP contribution in [0.2, 0.25) is 0 Å². The van der Waals surface area contributed by atoms with Gasteiger partial charge >= 0.3 is 0 Å². The highest BCUT2D eigenvalue weighted by Gasteiger charge is 2.15. The predicted molar refractivity (Wildman–Crippen MR) is 56.3 cm³/mol. The molecule has 0 atom stereocenters. The molecule has 0 spiro atoms. The molecular weight excluding hydrogens is 236 g/mol. The number of halogens is 3. The summed E-state index contributed by atoms with van der Waals surface area (Å²) >= 11 is 5.51. The van der Waals surface area contributed by atoms with Gasteiger partial charge < -0.3 is 4.42 Å². The third-order valence-corrected chi connectivity index (χ3v) is 2.26. The van der Waals surface area contributed by atoms with Crippen LogP contribution in [0.3, 0.4) is 0 Å². The molecule has 0 fully saturated rings. The Bertz CT molecular complexity index is 478. The Morgan fingerprint density at radius 1 is 1.25 bits per heavy atom. The lowest BCUT2D eigenvalue weighted by molar-refractivity contribution is 0.503. The molecule has 2 nitrogen and oxygen atoms in total. The number of rotatable bonds is 3. The van der Waals surface area contributed by atoms with Crippen molar-refractivity contribution in [2.45, 2.75) is 6.42 Å². The number of benzene rings is 1. The van der Waals surface area contributed by atoms with E-state index < -0.39 is 11.6 Å². The number of oxazole rings is 1. The minimum Gasteiger partial charge on any atom is -0.440 e. The second-order valence-corrected chi connectivity index (χ2v) is 3.53. The first-order valence-corrected chi connectivity index (χ1v) is 5.21. The molecule has 2 rings (SSSR count). The van der Waals surface area contributed by atoms with Gasteiger partial charge in [0.15, 0.2) is 11.7 Å². The van der Waals surface area contributed by atoms with Gasteiger partial charge in [-0.1, -0.05) is 6.07 Å². The number of alkyl halides is 1. The molecule has 0 amide bonds. The van der Waals surface area contributed by atoms with Gasteiger partial charge in [0.2, 0.25) is 0 Å². The Hall–Kier alpha value is -1.42. The fraction of sp³-hybridized carbons (Fsp3) is 0.182. The van der Waals surface area contributed by atoms with E-state index in [9.17, 15) is 8.78 Å². The van der Waals surface area contributed by atoms with E-state index in [2.05, 4.69) is 4.98 Å². The number of hydrogen-bond donors (Lipinski definition) is 0. The molecule has 1 aromatic heterocycles. The Morgan fingerprint density at radius 3 is 2.56 bits per heavy atom. The van der Waals surface area contributed by atoms with E-state index in [-0.39, 0.29) is 11.3 Å². The molecular formula is C11H8ClF2NO. The molecule has 0 unspecified atom stereocenters. The molecule has 0 radical (unpaired) electrons. The van der Waals surface area contributed by atoms with Crippen molar-refractivity contribution in [3.8, 4) is 11.3 Å². The Labute approximate surface area is 95.9 Å². The molecule has 0 aliphatic rings. The zero-order valence-electron chi connectivity index (χ0n) is 8.21. The summed E-state index contributed by atoms with van der Waals surface area (Å²) in [4.78, 5) is 3.88. The molecule has 0 aliphatic carbocycles. The predicted octanol–water partition coefficient (Wildman–Crippen LogP) is 3.40. The highest BCUT2D eigenvalue weighted by molar-refractivity contribution is 6.17. The molecule has 1 aromatic carbocycles. The Balaban J connectivity index is 2.42. The summed E-state index contributed by atoms with van der Waals surface area (Å²) in [5.41, 5.74) is -0.198. The molecule has 0 aliphatic heterocycles. The number of aromatic nitrogens is 1. The lowest BCUT2D eigenvalue weighted by atomic mass is 10.1. The van der Waals surface area contributed by atoms with E-state index in [4.69, 9.17) is 16.0 Å². The van der Waals surface area contributed by atoms with Gasteiger partial charge in [0.25, 0.3) is 0 Å². The summed E-state index contributed by atoms with van der Waals surface area (Å²) in [7, 11) is 0. The topological polar surface area (TPSA) is 26.0 Å². The zero-order chi connectivity index (χ0) is 11.5. The van der Waals surface area contributed by atoms with Crippen molar-refractivity contribution in [3.05, 3.63) is 41.9 Å². The third-order valence-electron chi connectivity index (χ3n) is 2.07. The van der Waals surface area contributed by atoms with Gasteiger partial charge in [-0.05, 0) is 12.1 Å². The molecule has 0 saturated carbocycles. The van der Waals surface area contributed by atoms with Gasteiger partial charge in [0, 0.05) is 12.3 Å². The van der Waals surface area contributed by atoms with Crippen molar-refractivity contribution < 1.29 is 13.2 Å². The second-order valence-electron chi connectivity index (χ2n) is 3.15. The van der Waals surface area contributed by atoms with Crippen molar-refractivity contribution in [2.24, 2.45) is 0 Å². The molecule has 2 aromatic rings.